The number of benzene rings is 1. The average molecular weight is 287 g/mol. The number of hydrogen-bond acceptors (Lipinski definition) is 7. The Bertz CT molecular complexity index is 792. The lowest BCUT2D eigenvalue weighted by molar-refractivity contribution is -0.143. The molecule has 0 bridgehead atoms. The fourth-order valence-corrected chi connectivity index (χ4v) is 2.10. The molecule has 1 aromatic carbocycles. The number of aromatic nitrogens is 4. The topological polar surface area (TPSA) is 109 Å². The number of rotatable bonds is 4. The van der Waals surface area contributed by atoms with E-state index in [4.69, 9.17) is 10.5 Å². The molecule has 2 N–H and O–H groups in total. The molecule has 0 aliphatic carbocycles. The van der Waals surface area contributed by atoms with Crippen molar-refractivity contribution >= 4 is 22.8 Å². The highest BCUT2D eigenvalue weighted by Crippen LogP contribution is 2.26. The molecule has 108 valence electrons. The van der Waals surface area contributed by atoms with Crippen LogP contribution in [0.3, 0.4) is 0 Å². The Balaban J connectivity index is 2.14. The summed E-state index contributed by atoms with van der Waals surface area (Å²) >= 11 is 0. The Kier molecular flexibility index (Phi) is 3.27. The van der Waals surface area contributed by atoms with Gasteiger partial charge in [0, 0.05) is 0 Å². The van der Waals surface area contributed by atoms with Gasteiger partial charge in [-0.25, -0.2) is 9.61 Å². The van der Waals surface area contributed by atoms with Crippen LogP contribution in [-0.2, 0) is 16.1 Å². The van der Waals surface area contributed by atoms with Crippen LogP contribution in [0.25, 0.3) is 22.6 Å². The first-order valence-electron chi connectivity index (χ1n) is 6.40. The van der Waals surface area contributed by atoms with E-state index in [1.165, 1.54) is 0 Å². The smallest absolute Gasteiger partial charge is 0.326 e. The van der Waals surface area contributed by atoms with Crippen LogP contribution in [0.15, 0.2) is 28.9 Å². The van der Waals surface area contributed by atoms with Gasteiger partial charge in [-0.15, -0.1) is 0 Å². The highest BCUT2D eigenvalue weighted by Gasteiger charge is 2.20. The predicted molar refractivity (Wildman–Crippen MR) is 74.1 cm³/mol. The molecule has 8 nitrogen and oxygen atoms in total. The van der Waals surface area contributed by atoms with Gasteiger partial charge in [0.1, 0.15) is 6.54 Å². The van der Waals surface area contributed by atoms with Gasteiger partial charge in [-0.2, -0.15) is 0 Å². The molecule has 0 aliphatic heterocycles. The van der Waals surface area contributed by atoms with Crippen molar-refractivity contribution in [2.75, 3.05) is 12.3 Å². The first-order chi connectivity index (χ1) is 10.2. The lowest BCUT2D eigenvalue weighted by Crippen LogP contribution is -2.14. The molecule has 2 heterocycles. The molecule has 0 aliphatic rings. The zero-order valence-electron chi connectivity index (χ0n) is 11.3. The van der Waals surface area contributed by atoms with Gasteiger partial charge in [0.15, 0.2) is 17.3 Å². The summed E-state index contributed by atoms with van der Waals surface area (Å²) in [6.07, 6.45) is 0. The van der Waals surface area contributed by atoms with Crippen LogP contribution in [-0.4, -0.2) is 32.4 Å². The van der Waals surface area contributed by atoms with Crippen molar-refractivity contribution in [1.82, 2.24) is 19.9 Å². The van der Waals surface area contributed by atoms with Crippen LogP contribution in [0, 0.1) is 0 Å². The van der Waals surface area contributed by atoms with Crippen LogP contribution in [0.1, 0.15) is 6.92 Å². The number of ether oxygens (including phenoxy) is 1. The highest BCUT2D eigenvalue weighted by molar-refractivity contribution is 5.83. The normalized spacial score (nSPS) is 10.9. The van der Waals surface area contributed by atoms with Gasteiger partial charge in [0.05, 0.1) is 17.6 Å². The van der Waals surface area contributed by atoms with E-state index in [9.17, 15) is 4.79 Å². The largest absolute Gasteiger partial charge is 0.465 e. The van der Waals surface area contributed by atoms with Crippen molar-refractivity contribution in [2.24, 2.45) is 0 Å². The molecule has 0 radical (unpaired) electrons. The monoisotopic (exact) mass is 287 g/mol. The number of anilines is 1. The van der Waals surface area contributed by atoms with Crippen molar-refractivity contribution in [3.63, 3.8) is 0 Å². The van der Waals surface area contributed by atoms with Crippen molar-refractivity contribution < 1.29 is 14.2 Å². The third-order valence-corrected chi connectivity index (χ3v) is 2.97. The molecule has 0 spiro atoms. The minimum absolute atomic E-state index is 0.00991. The Morgan fingerprint density at radius 1 is 1.38 bits per heavy atom. The second kappa shape index (κ2) is 5.23. The molecule has 2 aromatic heterocycles. The van der Waals surface area contributed by atoms with Gasteiger partial charge in [0.25, 0.3) is 0 Å². The molecule has 21 heavy (non-hydrogen) atoms. The third kappa shape index (κ3) is 2.31. The fourth-order valence-electron chi connectivity index (χ4n) is 2.10. The van der Waals surface area contributed by atoms with Gasteiger partial charge in [-0.05, 0) is 29.4 Å². The molecule has 0 saturated heterocycles. The minimum atomic E-state index is -0.364. The molecule has 3 rings (SSSR count). The van der Waals surface area contributed by atoms with E-state index in [1.54, 1.807) is 11.5 Å². The van der Waals surface area contributed by atoms with Crippen LogP contribution in [0.5, 0.6) is 0 Å². The molecule has 8 heteroatoms. The summed E-state index contributed by atoms with van der Waals surface area (Å²) in [5, 5.41) is 7.29. The van der Waals surface area contributed by atoms with Gasteiger partial charge in [-0.1, -0.05) is 12.1 Å². The number of nitrogen functional groups attached to an aromatic ring is 1. The van der Waals surface area contributed by atoms with Gasteiger partial charge < -0.3 is 15.0 Å². The maximum atomic E-state index is 11.8. The number of hydrogen-bond donors (Lipinski definition) is 1. The van der Waals surface area contributed by atoms with E-state index in [2.05, 4.69) is 19.9 Å². The molecule has 3 aromatic rings. The number of para-hydroxylation sites is 2. The van der Waals surface area contributed by atoms with E-state index < -0.39 is 0 Å². The summed E-state index contributed by atoms with van der Waals surface area (Å²) < 4.78 is 11.3. The molecule has 0 atom stereocenters. The Morgan fingerprint density at radius 2 is 2.19 bits per heavy atom. The van der Waals surface area contributed by atoms with Crippen LogP contribution >= 0.6 is 0 Å². The van der Waals surface area contributed by atoms with E-state index >= 15 is 0 Å². The minimum Gasteiger partial charge on any atom is -0.465 e. The summed E-state index contributed by atoms with van der Waals surface area (Å²) in [7, 11) is 0. The number of esters is 1. The Labute approximate surface area is 119 Å². The van der Waals surface area contributed by atoms with Crippen molar-refractivity contribution in [3.05, 3.63) is 24.3 Å². The van der Waals surface area contributed by atoms with Crippen LogP contribution in [0.4, 0.5) is 5.82 Å². The number of fused-ring (bicyclic) bond motifs is 1. The molecule has 0 saturated carbocycles. The highest BCUT2D eigenvalue weighted by atomic mass is 16.6. The second-order valence-electron chi connectivity index (χ2n) is 4.31. The summed E-state index contributed by atoms with van der Waals surface area (Å²) in [5.74, 6) is 0.176. The SMILES string of the molecule is CCOC(=O)Cn1c(-c2nonc2N)nc2ccccc21. The summed E-state index contributed by atoms with van der Waals surface area (Å²) in [6.45, 7) is 2.08. The molecule has 0 unspecified atom stereocenters. The lowest BCUT2D eigenvalue weighted by Gasteiger charge is -2.07. The summed E-state index contributed by atoms with van der Waals surface area (Å²) in [5.41, 5.74) is 7.52. The zero-order valence-corrected chi connectivity index (χ0v) is 11.3. The Morgan fingerprint density at radius 3 is 2.90 bits per heavy atom. The molecular weight excluding hydrogens is 274 g/mol. The van der Waals surface area contributed by atoms with Crippen LogP contribution in [0.2, 0.25) is 0 Å². The first-order valence-corrected chi connectivity index (χ1v) is 6.40. The maximum Gasteiger partial charge on any atom is 0.326 e. The van der Waals surface area contributed by atoms with Gasteiger partial charge in [-0.3, -0.25) is 4.79 Å². The number of nitrogens with zero attached hydrogens (tertiary/aromatic N) is 4. The molecule has 0 amide bonds. The van der Waals surface area contributed by atoms with E-state index in [1.807, 2.05) is 24.3 Å². The predicted octanol–water partition coefficient (Wildman–Crippen LogP) is 1.23. The standard InChI is InChI=1S/C13H13N5O3/c1-2-20-10(19)7-18-9-6-4-3-5-8(9)15-13(18)11-12(14)17-21-16-11/h3-6H,2,7H2,1H3,(H2,14,17). The summed E-state index contributed by atoms with van der Waals surface area (Å²) in [4.78, 5) is 16.2. The van der Waals surface area contributed by atoms with Gasteiger partial charge in [0.2, 0.25) is 0 Å². The lowest BCUT2D eigenvalue weighted by atomic mass is 10.3. The number of imidazole rings is 1. The van der Waals surface area contributed by atoms with Crippen molar-refractivity contribution in [1.29, 1.82) is 0 Å². The quantitative estimate of drug-likeness (QED) is 0.719. The van der Waals surface area contributed by atoms with Crippen molar-refractivity contribution in [2.45, 2.75) is 13.5 Å². The van der Waals surface area contributed by atoms with Crippen molar-refractivity contribution in [3.8, 4) is 11.5 Å². The third-order valence-electron chi connectivity index (χ3n) is 2.97. The first kappa shape index (κ1) is 13.1. The second-order valence-corrected chi connectivity index (χ2v) is 4.31. The number of carbonyl (C=O) groups is 1. The molecular formula is C13H13N5O3. The summed E-state index contributed by atoms with van der Waals surface area (Å²) in [6, 6.07) is 7.41. The fraction of sp³-hybridized carbons (Fsp3) is 0.231. The van der Waals surface area contributed by atoms with E-state index in [0.717, 1.165) is 11.0 Å². The number of nitrogens with two attached hydrogens (primary N) is 1. The number of carbonyl (C=O) groups excluding carboxylic acids is 1. The van der Waals surface area contributed by atoms with Crippen LogP contribution < -0.4 is 5.73 Å². The van der Waals surface area contributed by atoms with Gasteiger partial charge >= 0.3 is 5.97 Å². The maximum absolute atomic E-state index is 11.8. The van der Waals surface area contributed by atoms with E-state index in [0.29, 0.717) is 18.1 Å². The van der Waals surface area contributed by atoms with E-state index in [-0.39, 0.29) is 18.3 Å². The Hall–Kier alpha value is -2.90. The average Bonchev–Trinajstić information content (AvgIpc) is 3.03. The zero-order chi connectivity index (χ0) is 14.8. The molecule has 0 fully saturated rings.